The number of rotatable bonds is 7. The van der Waals surface area contributed by atoms with Crippen LogP contribution in [0.2, 0.25) is 0 Å². The summed E-state index contributed by atoms with van der Waals surface area (Å²) in [6.45, 7) is 0.0797. The Morgan fingerprint density at radius 2 is 1.09 bits per heavy atom. The van der Waals surface area contributed by atoms with Gasteiger partial charge in [0, 0.05) is 0 Å². The molecule has 0 saturated carbocycles. The summed E-state index contributed by atoms with van der Waals surface area (Å²) in [5.74, 6) is 0. The van der Waals surface area contributed by atoms with Crippen molar-refractivity contribution in [1.82, 2.24) is 19.9 Å². The first-order chi connectivity index (χ1) is 10.6. The van der Waals surface area contributed by atoms with E-state index < -0.39 is 9.85 Å². The van der Waals surface area contributed by atoms with E-state index in [1.807, 2.05) is 0 Å². The fourth-order valence-electron chi connectivity index (χ4n) is 1.22. The first-order valence-electron chi connectivity index (χ1n) is 5.75. The van der Waals surface area contributed by atoms with Crippen molar-refractivity contribution in [3.05, 3.63) is 45.0 Å². The molecule has 0 aromatic carbocycles. The van der Waals surface area contributed by atoms with Crippen molar-refractivity contribution in [3.8, 4) is 12.0 Å². The van der Waals surface area contributed by atoms with Crippen LogP contribution in [0, 0.1) is 20.2 Å². The molecule has 2 aromatic rings. The Balaban J connectivity index is 1.77. The molecule has 0 aliphatic heterocycles. The smallest absolute Gasteiger partial charge is 0.316 e. The number of aromatic nitrogens is 4. The van der Waals surface area contributed by atoms with Gasteiger partial charge < -0.3 is 9.47 Å². The summed E-state index contributed by atoms with van der Waals surface area (Å²) in [5.41, 5.74) is -0.495. The molecule has 0 saturated heterocycles. The van der Waals surface area contributed by atoms with E-state index in [9.17, 15) is 20.2 Å². The van der Waals surface area contributed by atoms with Crippen LogP contribution in [0.3, 0.4) is 0 Å². The van der Waals surface area contributed by atoms with E-state index in [0.29, 0.717) is 0 Å². The fraction of sp³-hybridized carbons (Fsp3) is 0.200. The van der Waals surface area contributed by atoms with Gasteiger partial charge in [0.1, 0.15) is 38.0 Å². The molecule has 2 aromatic heterocycles. The van der Waals surface area contributed by atoms with E-state index in [2.05, 4.69) is 19.9 Å². The lowest BCUT2D eigenvalue weighted by Gasteiger charge is -2.04. The van der Waals surface area contributed by atoms with Crippen molar-refractivity contribution in [1.29, 1.82) is 0 Å². The van der Waals surface area contributed by atoms with Gasteiger partial charge in [-0.15, -0.1) is 0 Å². The molecule has 2 rings (SSSR count). The van der Waals surface area contributed by atoms with Gasteiger partial charge in [-0.25, -0.2) is 0 Å². The Morgan fingerprint density at radius 1 is 0.773 bits per heavy atom. The maximum absolute atomic E-state index is 10.4. The number of ether oxygens (including phenoxy) is 2. The Labute approximate surface area is 122 Å². The standard InChI is InChI=1S/C10H8N6O6/c17-15(18)7-3-11-9(12-4-7)21-1-2-22-10-13-5-8(6-14-10)16(19)20/h3-6H,1-2H2. The summed E-state index contributed by atoms with van der Waals surface area (Å²) in [5, 5.41) is 20.8. The molecular weight excluding hydrogens is 300 g/mol. The summed E-state index contributed by atoms with van der Waals surface area (Å²) >= 11 is 0. The number of nitro groups is 2. The second kappa shape index (κ2) is 6.83. The van der Waals surface area contributed by atoms with Gasteiger partial charge in [0.05, 0.1) is 9.85 Å². The first-order valence-corrected chi connectivity index (χ1v) is 5.75. The summed E-state index contributed by atoms with van der Waals surface area (Å²) in [4.78, 5) is 34.1. The molecule has 0 aliphatic carbocycles. The third-order valence-electron chi connectivity index (χ3n) is 2.20. The Kier molecular flexibility index (Phi) is 4.64. The van der Waals surface area contributed by atoms with Crippen LogP contribution >= 0.6 is 0 Å². The molecule has 0 aliphatic rings. The van der Waals surface area contributed by atoms with Crippen LogP contribution in [0.5, 0.6) is 12.0 Å². The van der Waals surface area contributed by atoms with Gasteiger partial charge in [0.2, 0.25) is 0 Å². The molecule has 12 heteroatoms. The summed E-state index contributed by atoms with van der Waals surface area (Å²) in [7, 11) is 0. The second-order valence-electron chi connectivity index (χ2n) is 3.66. The average Bonchev–Trinajstić information content (AvgIpc) is 2.52. The molecule has 0 fully saturated rings. The molecule has 0 spiro atoms. The van der Waals surface area contributed by atoms with Crippen LogP contribution in [0.25, 0.3) is 0 Å². The number of hydrogen-bond donors (Lipinski definition) is 0. The van der Waals surface area contributed by atoms with Crippen molar-refractivity contribution in [3.63, 3.8) is 0 Å². The highest BCUT2D eigenvalue weighted by atomic mass is 16.6. The first kappa shape index (κ1) is 15.0. The number of nitrogens with zero attached hydrogens (tertiary/aromatic N) is 6. The van der Waals surface area contributed by atoms with Crippen LogP contribution in [-0.4, -0.2) is 43.0 Å². The minimum Gasteiger partial charge on any atom is -0.460 e. The Bertz CT molecular complexity index is 601. The predicted molar refractivity (Wildman–Crippen MR) is 68.4 cm³/mol. The zero-order valence-electron chi connectivity index (χ0n) is 10.9. The topological polar surface area (TPSA) is 156 Å². The van der Waals surface area contributed by atoms with Gasteiger partial charge in [-0.05, 0) is 0 Å². The third kappa shape index (κ3) is 4.03. The highest BCUT2D eigenvalue weighted by molar-refractivity contribution is 5.22. The highest BCUT2D eigenvalue weighted by Gasteiger charge is 2.08. The lowest BCUT2D eigenvalue weighted by molar-refractivity contribution is -0.385. The molecule has 0 bridgehead atoms. The van der Waals surface area contributed by atoms with Gasteiger partial charge in [-0.1, -0.05) is 0 Å². The quantitative estimate of drug-likeness (QED) is 0.401. The maximum atomic E-state index is 10.4. The van der Waals surface area contributed by atoms with Gasteiger partial charge in [-0.2, -0.15) is 19.9 Å². The molecule has 22 heavy (non-hydrogen) atoms. The molecule has 0 unspecified atom stereocenters. The van der Waals surface area contributed by atoms with Crippen LogP contribution in [-0.2, 0) is 0 Å². The van der Waals surface area contributed by atoms with E-state index in [1.165, 1.54) is 0 Å². The van der Waals surface area contributed by atoms with Crippen molar-refractivity contribution in [2.75, 3.05) is 13.2 Å². The number of hydrogen-bond acceptors (Lipinski definition) is 10. The summed E-state index contributed by atoms with van der Waals surface area (Å²) in [6.07, 6.45) is 4.07. The minimum absolute atomic E-state index is 0.0398. The van der Waals surface area contributed by atoms with Gasteiger partial charge in [0.25, 0.3) is 0 Å². The largest absolute Gasteiger partial charge is 0.460 e. The van der Waals surface area contributed by atoms with E-state index in [-0.39, 0.29) is 36.6 Å². The normalized spacial score (nSPS) is 10.0. The minimum atomic E-state index is -0.626. The molecule has 0 radical (unpaired) electrons. The molecule has 114 valence electrons. The van der Waals surface area contributed by atoms with Crippen molar-refractivity contribution >= 4 is 11.4 Å². The van der Waals surface area contributed by atoms with Crippen LogP contribution in [0.4, 0.5) is 11.4 Å². The van der Waals surface area contributed by atoms with Crippen molar-refractivity contribution in [2.45, 2.75) is 0 Å². The monoisotopic (exact) mass is 308 g/mol. The molecule has 12 nitrogen and oxygen atoms in total. The highest BCUT2D eigenvalue weighted by Crippen LogP contribution is 2.10. The molecule has 0 amide bonds. The zero-order valence-corrected chi connectivity index (χ0v) is 10.9. The molecular formula is C10H8N6O6. The van der Waals surface area contributed by atoms with Crippen LogP contribution < -0.4 is 9.47 Å². The molecule has 2 heterocycles. The van der Waals surface area contributed by atoms with E-state index in [4.69, 9.17) is 9.47 Å². The van der Waals surface area contributed by atoms with E-state index >= 15 is 0 Å². The predicted octanol–water partition coefficient (Wildman–Crippen LogP) is 0.541. The third-order valence-corrected chi connectivity index (χ3v) is 2.20. The van der Waals surface area contributed by atoms with E-state index in [0.717, 1.165) is 24.8 Å². The summed E-state index contributed by atoms with van der Waals surface area (Å²) < 4.78 is 10.2. The fourth-order valence-corrected chi connectivity index (χ4v) is 1.22. The lowest BCUT2D eigenvalue weighted by atomic mass is 10.6. The Hall–Kier alpha value is -3.44. The average molecular weight is 308 g/mol. The zero-order chi connectivity index (χ0) is 15.9. The SMILES string of the molecule is O=[N+]([O-])c1cnc(OCCOc2ncc([N+](=O)[O-])cn2)nc1. The van der Waals surface area contributed by atoms with E-state index in [1.54, 1.807) is 0 Å². The van der Waals surface area contributed by atoms with Crippen molar-refractivity contribution < 1.29 is 19.3 Å². The van der Waals surface area contributed by atoms with Gasteiger partial charge in [-0.3, -0.25) is 20.2 Å². The summed E-state index contributed by atoms with van der Waals surface area (Å²) in [6, 6.07) is -0.0855. The van der Waals surface area contributed by atoms with Crippen LogP contribution in [0.1, 0.15) is 0 Å². The van der Waals surface area contributed by atoms with Crippen LogP contribution in [0.15, 0.2) is 24.8 Å². The maximum Gasteiger partial charge on any atom is 0.316 e. The Morgan fingerprint density at radius 3 is 1.36 bits per heavy atom. The van der Waals surface area contributed by atoms with Crippen molar-refractivity contribution in [2.24, 2.45) is 0 Å². The van der Waals surface area contributed by atoms with Gasteiger partial charge >= 0.3 is 23.4 Å². The second-order valence-corrected chi connectivity index (χ2v) is 3.66. The lowest BCUT2D eigenvalue weighted by Crippen LogP contribution is -2.12. The molecule has 0 N–H and O–H groups in total. The molecule has 0 atom stereocenters. The van der Waals surface area contributed by atoms with Gasteiger partial charge in [0.15, 0.2) is 0 Å².